The smallest absolute Gasteiger partial charge is 0.264 e. The first-order valence-corrected chi connectivity index (χ1v) is 8.00. The Bertz CT molecular complexity index is 734. The molecule has 0 fully saturated rings. The Hall–Kier alpha value is -2.11. The topological polar surface area (TPSA) is 41.6 Å². The van der Waals surface area contributed by atoms with Gasteiger partial charge >= 0.3 is 0 Å². The molecule has 1 N–H and O–H groups in total. The number of benzene rings is 2. The zero-order chi connectivity index (χ0) is 16.2. The number of carbonyl (C=O) groups excluding carboxylic acids is 1. The summed E-state index contributed by atoms with van der Waals surface area (Å²) >= 11 is 11.1. The molecule has 0 saturated heterocycles. The van der Waals surface area contributed by atoms with Crippen molar-refractivity contribution in [3.05, 3.63) is 59.1 Å². The van der Waals surface area contributed by atoms with Gasteiger partial charge in [-0.05, 0) is 54.5 Å². The van der Waals surface area contributed by atoms with Gasteiger partial charge < -0.3 is 9.64 Å². The van der Waals surface area contributed by atoms with Crippen molar-refractivity contribution in [2.24, 2.45) is 0 Å². The van der Waals surface area contributed by atoms with Gasteiger partial charge in [0.25, 0.3) is 5.91 Å². The molecule has 0 atom stereocenters. The van der Waals surface area contributed by atoms with Gasteiger partial charge in [0.1, 0.15) is 5.75 Å². The number of carbonyl (C=O) groups is 1. The lowest BCUT2D eigenvalue weighted by Gasteiger charge is -2.20. The number of thiocarbonyl (C=S) groups is 1. The predicted octanol–water partition coefficient (Wildman–Crippen LogP) is 3.18. The second kappa shape index (κ2) is 6.98. The first-order valence-electron chi connectivity index (χ1n) is 7.21. The second-order valence-electron chi connectivity index (χ2n) is 5.13. The Balaban J connectivity index is 1.54. The molecule has 1 aliphatic heterocycles. The lowest BCUT2D eigenvalue weighted by Crippen LogP contribution is -2.43. The zero-order valence-corrected chi connectivity index (χ0v) is 13.9. The number of amides is 1. The Morgan fingerprint density at radius 1 is 1.22 bits per heavy atom. The molecular formula is C17H15ClN2O2S. The first kappa shape index (κ1) is 15.8. The van der Waals surface area contributed by atoms with Crippen LogP contribution < -0.4 is 15.0 Å². The van der Waals surface area contributed by atoms with Crippen LogP contribution in [0.5, 0.6) is 5.75 Å². The Morgan fingerprint density at radius 2 is 1.96 bits per heavy atom. The summed E-state index contributed by atoms with van der Waals surface area (Å²) in [6.45, 7) is 0.674. The molecular weight excluding hydrogens is 332 g/mol. The molecule has 1 heterocycles. The van der Waals surface area contributed by atoms with Crippen LogP contribution >= 0.6 is 23.8 Å². The molecule has 0 unspecified atom stereocenters. The van der Waals surface area contributed by atoms with Gasteiger partial charge in [0.2, 0.25) is 0 Å². The van der Waals surface area contributed by atoms with Crippen LogP contribution in [0.25, 0.3) is 0 Å². The quantitative estimate of drug-likeness (QED) is 0.867. The SMILES string of the molecule is O=C(COc1ccc(Cl)cc1)NC(=S)N1CCc2ccccc21. The van der Waals surface area contributed by atoms with E-state index in [2.05, 4.69) is 11.4 Å². The van der Waals surface area contributed by atoms with Crippen LogP contribution in [-0.4, -0.2) is 24.2 Å². The van der Waals surface area contributed by atoms with Gasteiger partial charge in [-0.3, -0.25) is 10.1 Å². The van der Waals surface area contributed by atoms with Gasteiger partial charge in [-0.15, -0.1) is 0 Å². The van der Waals surface area contributed by atoms with E-state index in [0.717, 1.165) is 18.7 Å². The number of fused-ring (bicyclic) bond motifs is 1. The molecule has 0 bridgehead atoms. The van der Waals surface area contributed by atoms with Crippen molar-refractivity contribution in [2.45, 2.75) is 6.42 Å². The van der Waals surface area contributed by atoms with Crippen LogP contribution in [0, 0.1) is 0 Å². The van der Waals surface area contributed by atoms with Gasteiger partial charge in [0.15, 0.2) is 11.7 Å². The van der Waals surface area contributed by atoms with Crippen LogP contribution in [0.1, 0.15) is 5.56 Å². The maximum atomic E-state index is 12.0. The molecule has 1 aliphatic rings. The van der Waals surface area contributed by atoms with Crippen LogP contribution in [0.4, 0.5) is 5.69 Å². The number of nitrogens with zero attached hydrogens (tertiary/aromatic N) is 1. The molecule has 1 amide bonds. The van der Waals surface area contributed by atoms with E-state index in [-0.39, 0.29) is 12.5 Å². The summed E-state index contributed by atoms with van der Waals surface area (Å²) in [4.78, 5) is 13.9. The van der Waals surface area contributed by atoms with Crippen molar-refractivity contribution in [3.8, 4) is 5.75 Å². The number of para-hydroxylation sites is 1. The minimum absolute atomic E-state index is 0.0999. The normalized spacial score (nSPS) is 12.7. The van der Waals surface area contributed by atoms with Crippen molar-refractivity contribution < 1.29 is 9.53 Å². The molecule has 3 rings (SSSR count). The highest BCUT2D eigenvalue weighted by Crippen LogP contribution is 2.27. The Kier molecular flexibility index (Phi) is 4.79. The number of rotatable bonds is 3. The van der Waals surface area contributed by atoms with E-state index in [1.165, 1.54) is 5.56 Å². The van der Waals surface area contributed by atoms with Gasteiger partial charge in [0, 0.05) is 17.3 Å². The van der Waals surface area contributed by atoms with Crippen LogP contribution in [0.2, 0.25) is 5.02 Å². The molecule has 4 nitrogen and oxygen atoms in total. The fraction of sp³-hybridized carbons (Fsp3) is 0.176. The third-order valence-electron chi connectivity index (χ3n) is 3.56. The number of hydrogen-bond acceptors (Lipinski definition) is 3. The molecule has 118 valence electrons. The third kappa shape index (κ3) is 3.81. The average molecular weight is 347 g/mol. The van der Waals surface area contributed by atoms with E-state index >= 15 is 0 Å². The summed E-state index contributed by atoms with van der Waals surface area (Å²) in [6, 6.07) is 14.9. The van der Waals surface area contributed by atoms with Gasteiger partial charge in [-0.1, -0.05) is 29.8 Å². The van der Waals surface area contributed by atoms with Crippen molar-refractivity contribution >= 4 is 40.5 Å². The molecule has 6 heteroatoms. The highest BCUT2D eigenvalue weighted by molar-refractivity contribution is 7.80. The molecule has 0 radical (unpaired) electrons. The highest BCUT2D eigenvalue weighted by atomic mass is 35.5. The summed E-state index contributed by atoms with van der Waals surface area (Å²) in [5, 5.41) is 3.74. The lowest BCUT2D eigenvalue weighted by molar-refractivity contribution is -0.121. The van der Waals surface area contributed by atoms with E-state index in [1.807, 2.05) is 23.1 Å². The van der Waals surface area contributed by atoms with Crippen LogP contribution in [0.3, 0.4) is 0 Å². The summed E-state index contributed by atoms with van der Waals surface area (Å²) in [6.07, 6.45) is 0.924. The first-order chi connectivity index (χ1) is 11.1. The lowest BCUT2D eigenvalue weighted by atomic mass is 10.2. The van der Waals surface area contributed by atoms with Crippen molar-refractivity contribution in [3.63, 3.8) is 0 Å². The predicted molar refractivity (Wildman–Crippen MR) is 95.2 cm³/mol. The number of ether oxygens (including phenoxy) is 1. The molecule has 0 saturated carbocycles. The molecule has 2 aromatic carbocycles. The second-order valence-corrected chi connectivity index (χ2v) is 5.95. The number of nitrogens with one attached hydrogen (secondary N) is 1. The van der Waals surface area contributed by atoms with E-state index in [1.54, 1.807) is 24.3 Å². The minimum atomic E-state index is -0.283. The molecule has 0 spiro atoms. The Morgan fingerprint density at radius 3 is 2.74 bits per heavy atom. The maximum Gasteiger partial charge on any atom is 0.264 e. The fourth-order valence-corrected chi connectivity index (χ4v) is 2.88. The van der Waals surface area contributed by atoms with Crippen LogP contribution in [0.15, 0.2) is 48.5 Å². The van der Waals surface area contributed by atoms with Gasteiger partial charge in [-0.25, -0.2) is 0 Å². The van der Waals surface area contributed by atoms with Crippen molar-refractivity contribution in [2.75, 3.05) is 18.1 Å². The maximum absolute atomic E-state index is 12.0. The summed E-state index contributed by atoms with van der Waals surface area (Å²) < 4.78 is 5.41. The molecule has 0 aromatic heterocycles. The van der Waals surface area contributed by atoms with Gasteiger partial charge in [-0.2, -0.15) is 0 Å². The van der Waals surface area contributed by atoms with E-state index in [4.69, 9.17) is 28.6 Å². The summed E-state index contributed by atoms with van der Waals surface area (Å²) in [7, 11) is 0. The van der Waals surface area contributed by atoms with Crippen molar-refractivity contribution in [1.29, 1.82) is 0 Å². The largest absolute Gasteiger partial charge is 0.484 e. The zero-order valence-electron chi connectivity index (χ0n) is 12.3. The van der Waals surface area contributed by atoms with E-state index in [9.17, 15) is 4.79 Å². The number of anilines is 1. The minimum Gasteiger partial charge on any atom is -0.484 e. The third-order valence-corrected chi connectivity index (χ3v) is 4.14. The average Bonchev–Trinajstić information content (AvgIpc) is 2.98. The Labute approximate surface area is 145 Å². The highest BCUT2D eigenvalue weighted by Gasteiger charge is 2.22. The standard InChI is InChI=1S/C17H15ClN2O2S/c18-13-5-7-14(8-6-13)22-11-16(21)19-17(23)20-10-9-12-3-1-2-4-15(12)20/h1-8H,9-11H2,(H,19,21,23). The number of hydrogen-bond donors (Lipinski definition) is 1. The number of halogens is 1. The van der Waals surface area contributed by atoms with E-state index < -0.39 is 0 Å². The van der Waals surface area contributed by atoms with E-state index in [0.29, 0.717) is 15.9 Å². The van der Waals surface area contributed by atoms with Crippen LogP contribution in [-0.2, 0) is 11.2 Å². The molecule has 23 heavy (non-hydrogen) atoms. The van der Waals surface area contributed by atoms with Crippen molar-refractivity contribution in [1.82, 2.24) is 5.32 Å². The van der Waals surface area contributed by atoms with Gasteiger partial charge in [0.05, 0.1) is 0 Å². The summed E-state index contributed by atoms with van der Waals surface area (Å²) in [5.74, 6) is 0.302. The molecule has 2 aromatic rings. The fourth-order valence-electron chi connectivity index (χ4n) is 2.45. The monoisotopic (exact) mass is 346 g/mol. The summed E-state index contributed by atoms with van der Waals surface area (Å²) in [5.41, 5.74) is 2.29. The molecule has 0 aliphatic carbocycles.